The minimum Gasteiger partial charge on any atom is -0.378 e. The molecule has 0 aromatic carbocycles. The van der Waals surface area contributed by atoms with Crippen LogP contribution in [0.15, 0.2) is 0 Å². The summed E-state index contributed by atoms with van der Waals surface area (Å²) < 4.78 is 5.30. The predicted octanol–water partition coefficient (Wildman–Crippen LogP) is 5.81. The van der Waals surface area contributed by atoms with Crippen LogP contribution in [0.3, 0.4) is 0 Å². The molecule has 2 saturated heterocycles. The molecule has 3 nitrogen and oxygen atoms in total. The molecule has 152 valence electrons. The van der Waals surface area contributed by atoms with Crippen LogP contribution in [-0.4, -0.2) is 47.6 Å². The van der Waals surface area contributed by atoms with E-state index < -0.39 is 0 Å². The molecule has 0 N–H and O–H groups in total. The number of morpholine rings is 1. The Bertz CT molecular complexity index is 371. The van der Waals surface area contributed by atoms with Gasteiger partial charge in [0, 0.05) is 30.0 Å². The van der Waals surface area contributed by atoms with Crippen LogP contribution in [0.4, 0.5) is 0 Å². The fraction of sp³-hybridized carbons (Fsp3) is 0.955. The zero-order chi connectivity index (χ0) is 18.5. The number of carbonyl (C=O) groups excluding carboxylic acids is 1. The third-order valence-corrected chi connectivity index (χ3v) is 7.29. The van der Waals surface area contributed by atoms with Crippen molar-refractivity contribution in [2.24, 2.45) is 0 Å². The quantitative estimate of drug-likeness (QED) is 0.264. The van der Waals surface area contributed by atoms with E-state index in [0.717, 1.165) is 36.4 Å². The van der Waals surface area contributed by atoms with E-state index in [4.69, 9.17) is 4.74 Å². The van der Waals surface area contributed by atoms with Gasteiger partial charge in [0.05, 0.1) is 13.2 Å². The average molecular weight is 384 g/mol. The molecule has 1 amide bonds. The first-order valence-electron chi connectivity index (χ1n) is 11.3. The molecule has 0 radical (unpaired) electrons. The van der Waals surface area contributed by atoms with Crippen LogP contribution in [0.2, 0.25) is 0 Å². The van der Waals surface area contributed by atoms with Crippen molar-refractivity contribution in [1.82, 2.24) is 4.90 Å². The summed E-state index contributed by atoms with van der Waals surface area (Å²) in [5.41, 5.74) is 0. The van der Waals surface area contributed by atoms with Crippen LogP contribution in [0.5, 0.6) is 0 Å². The second kappa shape index (κ2) is 13.9. The molecule has 0 bridgehead atoms. The van der Waals surface area contributed by atoms with E-state index in [9.17, 15) is 4.79 Å². The lowest BCUT2D eigenvalue weighted by Crippen LogP contribution is -2.40. The molecule has 0 saturated carbocycles. The summed E-state index contributed by atoms with van der Waals surface area (Å²) in [6.45, 7) is 5.29. The number of nitrogens with zero attached hydrogens (tertiary/aromatic N) is 1. The predicted molar refractivity (Wildman–Crippen MR) is 113 cm³/mol. The van der Waals surface area contributed by atoms with E-state index in [0.29, 0.717) is 19.1 Å². The Kier molecular flexibility index (Phi) is 11.8. The molecule has 0 aromatic heterocycles. The van der Waals surface area contributed by atoms with Crippen molar-refractivity contribution < 1.29 is 9.53 Å². The maximum absolute atomic E-state index is 12.0. The molecule has 2 aliphatic rings. The van der Waals surface area contributed by atoms with Crippen molar-refractivity contribution in [2.75, 3.05) is 26.3 Å². The lowest BCUT2D eigenvalue weighted by Gasteiger charge is -2.26. The lowest BCUT2D eigenvalue weighted by molar-refractivity contribution is -0.135. The molecule has 2 aliphatic heterocycles. The first kappa shape index (κ1) is 22.1. The van der Waals surface area contributed by atoms with Gasteiger partial charge in [0.25, 0.3) is 0 Å². The second-order valence-electron chi connectivity index (χ2n) is 8.07. The van der Waals surface area contributed by atoms with Gasteiger partial charge in [-0.2, -0.15) is 11.8 Å². The average Bonchev–Trinajstić information content (AvgIpc) is 3.42. The summed E-state index contributed by atoms with van der Waals surface area (Å²) in [7, 11) is 0. The fourth-order valence-corrected chi connectivity index (χ4v) is 5.17. The number of hydrogen-bond donors (Lipinski definition) is 0. The van der Waals surface area contributed by atoms with Gasteiger partial charge >= 0.3 is 0 Å². The van der Waals surface area contributed by atoms with Gasteiger partial charge in [0.15, 0.2) is 0 Å². The maximum atomic E-state index is 12.0. The SMILES string of the molecule is CCCCCCCC[C@H]1S[C@@H]1CCCCCCCC(=O)N1CCOCC1. The number of ether oxygens (including phenoxy) is 1. The highest BCUT2D eigenvalue weighted by Gasteiger charge is 2.36. The normalized spacial score (nSPS) is 22.6. The maximum Gasteiger partial charge on any atom is 0.222 e. The van der Waals surface area contributed by atoms with Gasteiger partial charge in [-0.25, -0.2) is 0 Å². The number of rotatable bonds is 15. The van der Waals surface area contributed by atoms with Crippen molar-refractivity contribution >= 4 is 17.7 Å². The molecule has 2 rings (SSSR count). The van der Waals surface area contributed by atoms with Crippen LogP contribution in [0.25, 0.3) is 0 Å². The van der Waals surface area contributed by atoms with Gasteiger partial charge in [-0.05, 0) is 19.3 Å². The zero-order valence-electron chi connectivity index (χ0n) is 17.1. The lowest BCUT2D eigenvalue weighted by atomic mass is 10.0. The Hall–Kier alpha value is -0.220. The Morgan fingerprint density at radius 3 is 2.00 bits per heavy atom. The van der Waals surface area contributed by atoms with Crippen molar-refractivity contribution in [3.8, 4) is 0 Å². The van der Waals surface area contributed by atoms with Crippen molar-refractivity contribution in [2.45, 2.75) is 107 Å². The molecule has 4 heteroatoms. The molecular formula is C22H41NO2S. The molecule has 0 unspecified atom stereocenters. The van der Waals surface area contributed by atoms with Gasteiger partial charge in [-0.3, -0.25) is 4.79 Å². The first-order valence-corrected chi connectivity index (χ1v) is 12.3. The van der Waals surface area contributed by atoms with E-state index in [-0.39, 0.29) is 0 Å². The number of unbranched alkanes of at least 4 members (excludes halogenated alkanes) is 9. The molecule has 0 spiro atoms. The number of thioether (sulfide) groups is 1. The van der Waals surface area contributed by atoms with Gasteiger partial charge in [0.1, 0.15) is 0 Å². The van der Waals surface area contributed by atoms with Gasteiger partial charge in [-0.15, -0.1) is 0 Å². The Balaban J connectivity index is 1.32. The Morgan fingerprint density at radius 1 is 0.846 bits per heavy atom. The Labute approximate surface area is 166 Å². The number of carbonyl (C=O) groups is 1. The molecule has 0 aliphatic carbocycles. The number of amides is 1. The van der Waals surface area contributed by atoms with Crippen molar-refractivity contribution in [3.63, 3.8) is 0 Å². The van der Waals surface area contributed by atoms with E-state index in [1.807, 2.05) is 4.90 Å². The van der Waals surface area contributed by atoms with Crippen LogP contribution < -0.4 is 0 Å². The summed E-state index contributed by atoms with van der Waals surface area (Å²) in [6.07, 6.45) is 18.5. The molecule has 26 heavy (non-hydrogen) atoms. The van der Waals surface area contributed by atoms with Crippen molar-refractivity contribution in [3.05, 3.63) is 0 Å². The highest BCUT2D eigenvalue weighted by molar-refractivity contribution is 8.07. The summed E-state index contributed by atoms with van der Waals surface area (Å²) in [5, 5.41) is 1.97. The summed E-state index contributed by atoms with van der Waals surface area (Å²) in [5.74, 6) is 0.334. The monoisotopic (exact) mass is 383 g/mol. The largest absolute Gasteiger partial charge is 0.378 e. The topological polar surface area (TPSA) is 29.5 Å². The van der Waals surface area contributed by atoms with E-state index in [1.54, 1.807) is 0 Å². The molecular weight excluding hydrogens is 342 g/mol. The second-order valence-corrected chi connectivity index (χ2v) is 9.55. The van der Waals surface area contributed by atoms with E-state index >= 15 is 0 Å². The summed E-state index contributed by atoms with van der Waals surface area (Å²) in [4.78, 5) is 14.0. The molecule has 0 aromatic rings. The smallest absolute Gasteiger partial charge is 0.222 e. The molecule has 2 heterocycles. The standard InChI is InChI=1S/C22H41NO2S/c1-2-3-4-5-7-10-13-20-21(26-20)14-11-8-6-9-12-15-22(24)23-16-18-25-19-17-23/h20-21H,2-19H2,1H3/t20-,21-/m1/s1. The molecule has 2 atom stereocenters. The molecule has 2 fully saturated rings. The van der Waals surface area contributed by atoms with Crippen molar-refractivity contribution in [1.29, 1.82) is 0 Å². The van der Waals surface area contributed by atoms with Crippen LogP contribution in [0.1, 0.15) is 96.8 Å². The first-order chi connectivity index (χ1) is 12.8. The highest BCUT2D eigenvalue weighted by atomic mass is 32.2. The van der Waals surface area contributed by atoms with Gasteiger partial charge in [-0.1, -0.05) is 71.1 Å². The minimum atomic E-state index is 0.334. The van der Waals surface area contributed by atoms with E-state index in [2.05, 4.69) is 18.7 Å². The third-order valence-electron chi connectivity index (χ3n) is 5.77. The van der Waals surface area contributed by atoms with Gasteiger partial charge in [0.2, 0.25) is 5.91 Å². The van der Waals surface area contributed by atoms with Gasteiger partial charge < -0.3 is 9.64 Å². The fourth-order valence-electron chi connectivity index (χ4n) is 3.94. The summed E-state index contributed by atoms with van der Waals surface area (Å²) >= 11 is 2.23. The summed E-state index contributed by atoms with van der Waals surface area (Å²) in [6, 6.07) is 0. The Morgan fingerprint density at radius 2 is 1.38 bits per heavy atom. The third kappa shape index (κ3) is 9.64. The van der Waals surface area contributed by atoms with Crippen LogP contribution in [-0.2, 0) is 9.53 Å². The van der Waals surface area contributed by atoms with E-state index in [1.165, 1.54) is 77.0 Å². The van der Waals surface area contributed by atoms with Crippen LogP contribution >= 0.6 is 11.8 Å². The highest BCUT2D eigenvalue weighted by Crippen LogP contribution is 2.47. The number of hydrogen-bond acceptors (Lipinski definition) is 3. The minimum absolute atomic E-state index is 0.334. The van der Waals surface area contributed by atoms with Crippen LogP contribution in [0, 0.1) is 0 Å². The zero-order valence-corrected chi connectivity index (χ0v) is 17.9.